The van der Waals surface area contributed by atoms with Crippen molar-refractivity contribution in [3.63, 3.8) is 0 Å². The SMILES string of the molecule is C=C1C=C(N[C@H](CO)c2ccccc2)N([C@@H]2O[C@H](CO)[C@@H](O)[C@H]2O)c2ncnc(N)c21. The van der Waals surface area contributed by atoms with Crippen molar-refractivity contribution in [3.05, 3.63) is 66.3 Å². The van der Waals surface area contributed by atoms with Gasteiger partial charge in [-0.05, 0) is 17.2 Å². The standard InChI is InChI=1S/C21H25N5O5/c1-11-7-15(25-13(8-27)12-5-3-2-4-6-12)26(20-16(11)19(22)23-10-24-20)21-18(30)17(29)14(9-28)31-21/h2-7,10,13-14,17-18,21,25,27-30H,1,8-9H2,(H2,22,23,24)/t13-,14-,17-,18-,21-/m1/s1. The average Bonchev–Trinajstić information content (AvgIpc) is 3.06. The number of rotatable bonds is 6. The highest BCUT2D eigenvalue weighted by Gasteiger charge is 2.48. The van der Waals surface area contributed by atoms with Gasteiger partial charge in [-0.25, -0.2) is 9.97 Å². The second-order valence-corrected chi connectivity index (χ2v) is 7.40. The summed E-state index contributed by atoms with van der Waals surface area (Å²) in [5.41, 5.74) is 7.88. The van der Waals surface area contributed by atoms with Gasteiger partial charge < -0.3 is 36.2 Å². The van der Waals surface area contributed by atoms with E-state index in [9.17, 15) is 20.4 Å². The Morgan fingerprint density at radius 3 is 2.55 bits per heavy atom. The van der Waals surface area contributed by atoms with Crippen molar-refractivity contribution >= 4 is 17.2 Å². The molecule has 0 amide bonds. The molecule has 164 valence electrons. The van der Waals surface area contributed by atoms with Gasteiger partial charge in [-0.15, -0.1) is 0 Å². The molecule has 1 aromatic heterocycles. The largest absolute Gasteiger partial charge is 0.394 e. The first kappa shape index (κ1) is 21.2. The molecule has 0 unspecified atom stereocenters. The van der Waals surface area contributed by atoms with Crippen LogP contribution in [0.5, 0.6) is 0 Å². The van der Waals surface area contributed by atoms with Crippen LogP contribution in [-0.2, 0) is 4.74 Å². The number of hydrogen-bond acceptors (Lipinski definition) is 10. The summed E-state index contributed by atoms with van der Waals surface area (Å²) < 4.78 is 5.76. The lowest BCUT2D eigenvalue weighted by molar-refractivity contribution is -0.0214. The molecule has 3 heterocycles. The molecule has 7 N–H and O–H groups in total. The summed E-state index contributed by atoms with van der Waals surface area (Å²) in [6.45, 7) is 3.36. The first-order chi connectivity index (χ1) is 15.0. The summed E-state index contributed by atoms with van der Waals surface area (Å²) >= 11 is 0. The van der Waals surface area contributed by atoms with Crippen molar-refractivity contribution in [2.75, 3.05) is 23.8 Å². The molecule has 2 aliphatic rings. The molecule has 0 radical (unpaired) electrons. The van der Waals surface area contributed by atoms with E-state index in [4.69, 9.17) is 10.5 Å². The van der Waals surface area contributed by atoms with Crippen LogP contribution in [0, 0.1) is 0 Å². The zero-order valence-electron chi connectivity index (χ0n) is 16.7. The molecule has 2 aliphatic heterocycles. The molecule has 0 aliphatic carbocycles. The van der Waals surface area contributed by atoms with Gasteiger partial charge in [-0.2, -0.15) is 0 Å². The highest BCUT2D eigenvalue weighted by molar-refractivity contribution is 5.89. The predicted octanol–water partition coefficient (Wildman–Crippen LogP) is -0.504. The van der Waals surface area contributed by atoms with E-state index in [1.165, 1.54) is 11.2 Å². The van der Waals surface area contributed by atoms with Crippen LogP contribution in [0.15, 0.2) is 55.1 Å². The summed E-state index contributed by atoms with van der Waals surface area (Å²) in [5, 5.41) is 43.7. The molecule has 1 aromatic carbocycles. The molecule has 2 aromatic rings. The van der Waals surface area contributed by atoms with Gasteiger partial charge in [0.25, 0.3) is 0 Å². The van der Waals surface area contributed by atoms with Gasteiger partial charge in [-0.1, -0.05) is 36.9 Å². The first-order valence-corrected chi connectivity index (χ1v) is 9.81. The molecule has 10 nitrogen and oxygen atoms in total. The van der Waals surface area contributed by atoms with Gasteiger partial charge >= 0.3 is 0 Å². The molecule has 31 heavy (non-hydrogen) atoms. The summed E-state index contributed by atoms with van der Waals surface area (Å²) in [6, 6.07) is 8.86. The van der Waals surface area contributed by atoms with Crippen LogP contribution in [0.2, 0.25) is 0 Å². The average molecular weight is 427 g/mol. The molecule has 1 saturated heterocycles. The molecule has 4 rings (SSSR count). The van der Waals surface area contributed by atoms with Gasteiger partial charge in [0.15, 0.2) is 6.23 Å². The third-order valence-corrected chi connectivity index (χ3v) is 5.45. The molecule has 0 bridgehead atoms. The van der Waals surface area contributed by atoms with Crippen LogP contribution >= 0.6 is 0 Å². The zero-order valence-corrected chi connectivity index (χ0v) is 16.7. The molecule has 0 saturated carbocycles. The van der Waals surface area contributed by atoms with E-state index in [1.807, 2.05) is 30.3 Å². The lowest BCUT2D eigenvalue weighted by Gasteiger charge is -2.38. The normalized spacial score (nSPS) is 26.4. The lowest BCUT2D eigenvalue weighted by atomic mass is 10.0. The van der Waals surface area contributed by atoms with Crippen molar-refractivity contribution in [3.8, 4) is 0 Å². The minimum absolute atomic E-state index is 0.198. The number of aromatic nitrogens is 2. The van der Waals surface area contributed by atoms with Crippen LogP contribution in [0.1, 0.15) is 17.2 Å². The molecular weight excluding hydrogens is 402 g/mol. The Morgan fingerprint density at radius 1 is 1.16 bits per heavy atom. The first-order valence-electron chi connectivity index (χ1n) is 9.81. The number of anilines is 2. The number of hydrogen-bond donors (Lipinski definition) is 6. The fraction of sp³-hybridized carbons (Fsp3) is 0.333. The van der Waals surface area contributed by atoms with Crippen molar-refractivity contribution in [2.45, 2.75) is 30.6 Å². The zero-order chi connectivity index (χ0) is 22.1. The smallest absolute Gasteiger partial charge is 0.166 e. The fourth-order valence-electron chi connectivity index (χ4n) is 3.86. The number of aliphatic hydroxyl groups is 4. The van der Waals surface area contributed by atoms with Crippen molar-refractivity contribution in [1.29, 1.82) is 0 Å². The number of nitrogens with one attached hydrogen (secondary N) is 1. The molecular formula is C21H25N5O5. The van der Waals surface area contributed by atoms with Crippen LogP contribution in [0.3, 0.4) is 0 Å². The van der Waals surface area contributed by atoms with Crippen molar-refractivity contribution < 1.29 is 25.2 Å². The lowest BCUT2D eigenvalue weighted by Crippen LogP contribution is -2.49. The van der Waals surface area contributed by atoms with E-state index in [0.29, 0.717) is 22.8 Å². The third kappa shape index (κ3) is 3.75. The number of allylic oxidation sites excluding steroid dienone is 2. The quantitative estimate of drug-likeness (QED) is 0.355. The van der Waals surface area contributed by atoms with E-state index in [1.54, 1.807) is 6.08 Å². The Balaban J connectivity index is 1.77. The highest BCUT2D eigenvalue weighted by Crippen LogP contribution is 2.40. The maximum Gasteiger partial charge on any atom is 0.166 e. The Morgan fingerprint density at radius 2 is 1.90 bits per heavy atom. The Hall–Kier alpha value is -3.02. The molecule has 5 atom stereocenters. The van der Waals surface area contributed by atoms with Crippen LogP contribution in [-0.4, -0.2) is 68.1 Å². The predicted molar refractivity (Wildman–Crippen MR) is 113 cm³/mol. The minimum Gasteiger partial charge on any atom is -0.394 e. The minimum atomic E-state index is -1.35. The van der Waals surface area contributed by atoms with E-state index in [2.05, 4.69) is 21.9 Å². The topological polar surface area (TPSA) is 157 Å². The van der Waals surface area contributed by atoms with Crippen LogP contribution in [0.25, 0.3) is 5.57 Å². The van der Waals surface area contributed by atoms with Gasteiger partial charge in [0.2, 0.25) is 0 Å². The molecule has 10 heteroatoms. The second-order valence-electron chi connectivity index (χ2n) is 7.40. The Bertz CT molecular complexity index is 985. The van der Waals surface area contributed by atoms with Gasteiger partial charge in [0.1, 0.15) is 42.1 Å². The Kier molecular flexibility index (Phi) is 5.90. The summed E-state index contributed by atoms with van der Waals surface area (Å²) in [7, 11) is 0. The van der Waals surface area contributed by atoms with Gasteiger partial charge in [0.05, 0.1) is 24.8 Å². The Labute approximate surface area is 178 Å². The van der Waals surface area contributed by atoms with E-state index in [-0.39, 0.29) is 12.4 Å². The molecule has 0 spiro atoms. The number of nitrogens with zero attached hydrogens (tertiary/aromatic N) is 3. The van der Waals surface area contributed by atoms with Gasteiger partial charge in [0, 0.05) is 0 Å². The summed E-state index contributed by atoms with van der Waals surface area (Å²) in [6.07, 6.45) is -1.74. The monoisotopic (exact) mass is 427 g/mol. The number of nitrogens with two attached hydrogens (primary N) is 1. The van der Waals surface area contributed by atoms with Crippen molar-refractivity contribution in [2.24, 2.45) is 0 Å². The molecule has 1 fully saturated rings. The maximum atomic E-state index is 10.7. The van der Waals surface area contributed by atoms with Crippen LogP contribution < -0.4 is 16.0 Å². The van der Waals surface area contributed by atoms with Crippen molar-refractivity contribution in [1.82, 2.24) is 15.3 Å². The van der Waals surface area contributed by atoms with E-state index in [0.717, 1.165) is 5.56 Å². The summed E-state index contributed by atoms with van der Waals surface area (Å²) in [5.74, 6) is 0.944. The maximum absolute atomic E-state index is 10.7. The number of nitrogen functional groups attached to an aromatic ring is 1. The van der Waals surface area contributed by atoms with E-state index >= 15 is 0 Å². The number of aliphatic hydroxyl groups excluding tert-OH is 4. The fourth-order valence-corrected chi connectivity index (χ4v) is 3.86. The highest BCUT2D eigenvalue weighted by atomic mass is 16.6. The number of benzene rings is 1. The number of ether oxygens (including phenoxy) is 1. The van der Waals surface area contributed by atoms with Crippen LogP contribution in [0.4, 0.5) is 11.6 Å². The summed E-state index contributed by atoms with van der Waals surface area (Å²) in [4.78, 5) is 9.87. The van der Waals surface area contributed by atoms with E-state index < -0.39 is 37.2 Å². The third-order valence-electron chi connectivity index (χ3n) is 5.45. The van der Waals surface area contributed by atoms with Gasteiger partial charge in [-0.3, -0.25) is 4.90 Å². The number of fused-ring (bicyclic) bond motifs is 1. The second kappa shape index (κ2) is 8.61.